The van der Waals surface area contributed by atoms with Gasteiger partial charge in [0.05, 0.1) is 25.1 Å². The number of nitrogens with zero attached hydrogens (tertiary/aromatic N) is 3. The Bertz CT molecular complexity index is 767. The molecule has 140 valence electrons. The maximum absolute atomic E-state index is 5.22. The van der Waals surface area contributed by atoms with E-state index < -0.39 is 0 Å². The summed E-state index contributed by atoms with van der Waals surface area (Å²) < 4.78 is 7.07. The molecule has 0 aliphatic heterocycles. The van der Waals surface area contributed by atoms with Gasteiger partial charge < -0.3 is 10.1 Å². The van der Waals surface area contributed by atoms with E-state index in [0.717, 1.165) is 23.5 Å². The zero-order valence-electron chi connectivity index (χ0n) is 16.0. The van der Waals surface area contributed by atoms with Crippen molar-refractivity contribution < 1.29 is 4.74 Å². The van der Waals surface area contributed by atoms with Crippen LogP contribution in [0.4, 0.5) is 0 Å². The van der Waals surface area contributed by atoms with Gasteiger partial charge >= 0.3 is 0 Å². The van der Waals surface area contributed by atoms with Crippen molar-refractivity contribution in [3.63, 3.8) is 0 Å². The molecule has 2 N–H and O–H groups in total. The van der Waals surface area contributed by atoms with Gasteiger partial charge in [-0.3, -0.25) is 10.1 Å². The molecule has 0 aliphatic carbocycles. The minimum absolute atomic E-state index is 0.121. The summed E-state index contributed by atoms with van der Waals surface area (Å²) in [6.07, 6.45) is 1.76. The summed E-state index contributed by atoms with van der Waals surface area (Å²) in [5.74, 6) is 0. The summed E-state index contributed by atoms with van der Waals surface area (Å²) in [6, 6.07) is 8.62. The maximum Gasteiger partial charge on any atom is 0.187 e. The van der Waals surface area contributed by atoms with Crippen LogP contribution in [0.25, 0.3) is 0 Å². The Morgan fingerprint density at radius 1 is 1.31 bits per heavy atom. The molecule has 0 fully saturated rings. The first-order valence-electron chi connectivity index (χ1n) is 8.58. The Labute approximate surface area is 160 Å². The van der Waals surface area contributed by atoms with Crippen LogP contribution in [0.1, 0.15) is 35.0 Å². The molecule has 1 atom stereocenters. The van der Waals surface area contributed by atoms with E-state index in [2.05, 4.69) is 52.1 Å². The van der Waals surface area contributed by atoms with Crippen molar-refractivity contribution in [2.75, 3.05) is 13.7 Å². The second kappa shape index (κ2) is 9.45. The minimum atomic E-state index is 0.121. The fraction of sp³-hybridized carbons (Fsp3) is 0.421. The Morgan fingerprint density at radius 2 is 2.00 bits per heavy atom. The van der Waals surface area contributed by atoms with E-state index in [-0.39, 0.29) is 6.04 Å². The van der Waals surface area contributed by atoms with Crippen molar-refractivity contribution in [2.45, 2.75) is 40.3 Å². The smallest absolute Gasteiger partial charge is 0.187 e. The van der Waals surface area contributed by atoms with Crippen LogP contribution in [0.3, 0.4) is 0 Å². The molecular weight excluding hydrogens is 346 g/mol. The summed E-state index contributed by atoms with van der Waals surface area (Å²) in [5.41, 5.74) is 8.32. The number of methoxy groups -OCH3 is 1. The molecular formula is C19H27N5OS. The lowest BCUT2D eigenvalue weighted by Gasteiger charge is -2.13. The highest BCUT2D eigenvalue weighted by atomic mass is 32.1. The van der Waals surface area contributed by atoms with Crippen LogP contribution in [0.15, 0.2) is 29.4 Å². The third-order valence-electron chi connectivity index (χ3n) is 4.04. The molecule has 0 unspecified atom stereocenters. The van der Waals surface area contributed by atoms with Gasteiger partial charge in [-0.15, -0.1) is 0 Å². The van der Waals surface area contributed by atoms with Crippen LogP contribution >= 0.6 is 12.2 Å². The second-order valence-electron chi connectivity index (χ2n) is 6.43. The summed E-state index contributed by atoms with van der Waals surface area (Å²) in [7, 11) is 1.66. The van der Waals surface area contributed by atoms with Crippen molar-refractivity contribution >= 4 is 23.5 Å². The lowest BCUT2D eigenvalue weighted by Crippen LogP contribution is -2.40. The van der Waals surface area contributed by atoms with Crippen LogP contribution < -0.4 is 10.7 Å². The van der Waals surface area contributed by atoms with Crippen LogP contribution in [0, 0.1) is 20.8 Å². The quantitative estimate of drug-likeness (QED) is 0.444. The van der Waals surface area contributed by atoms with E-state index in [1.54, 1.807) is 13.3 Å². The molecule has 0 aliphatic rings. The van der Waals surface area contributed by atoms with Gasteiger partial charge in [-0.05, 0) is 45.5 Å². The highest BCUT2D eigenvalue weighted by Gasteiger charge is 2.10. The van der Waals surface area contributed by atoms with Gasteiger partial charge in [0.1, 0.15) is 0 Å². The average molecular weight is 374 g/mol. The SMILES string of the molecule is COC[C@H](C)NC(=S)N/N=C\c1c(C)nn(Cc2ccc(C)cc2)c1C. The van der Waals surface area contributed by atoms with E-state index >= 15 is 0 Å². The van der Waals surface area contributed by atoms with Gasteiger partial charge in [0.2, 0.25) is 0 Å². The standard InChI is InChI=1S/C19H27N5OS/c1-13-6-8-17(9-7-13)11-24-16(4)18(15(3)23-24)10-20-22-19(26)21-14(2)12-25-5/h6-10,14H,11-12H2,1-5H3,(H2,21,22,26)/b20-10-/t14-/m0/s1. The zero-order chi connectivity index (χ0) is 19.1. The number of benzene rings is 1. The number of aromatic nitrogens is 2. The Hall–Kier alpha value is -2.25. The predicted octanol–water partition coefficient (Wildman–Crippen LogP) is 2.69. The van der Waals surface area contributed by atoms with Gasteiger partial charge in [0.25, 0.3) is 0 Å². The summed E-state index contributed by atoms with van der Waals surface area (Å²) in [5, 5.41) is 12.4. The van der Waals surface area contributed by atoms with Gasteiger partial charge in [-0.25, -0.2) is 0 Å². The fourth-order valence-electron chi connectivity index (χ4n) is 2.62. The summed E-state index contributed by atoms with van der Waals surface area (Å²) in [4.78, 5) is 0. The first-order chi connectivity index (χ1) is 12.4. The predicted molar refractivity (Wildman–Crippen MR) is 110 cm³/mol. The second-order valence-corrected chi connectivity index (χ2v) is 6.84. The molecule has 1 heterocycles. The number of rotatable bonds is 7. The van der Waals surface area contributed by atoms with Crippen LogP contribution in [0.2, 0.25) is 0 Å². The van der Waals surface area contributed by atoms with Crippen LogP contribution in [-0.4, -0.2) is 40.9 Å². The Morgan fingerprint density at radius 3 is 2.65 bits per heavy atom. The molecule has 2 aromatic rings. The number of aryl methyl sites for hydroxylation is 2. The number of ether oxygens (including phenoxy) is 1. The van der Waals surface area contributed by atoms with E-state index in [1.807, 2.05) is 25.5 Å². The molecule has 0 spiro atoms. The zero-order valence-corrected chi connectivity index (χ0v) is 16.9. The van der Waals surface area contributed by atoms with Crippen LogP contribution in [0.5, 0.6) is 0 Å². The largest absolute Gasteiger partial charge is 0.383 e. The van der Waals surface area contributed by atoms with Crippen molar-refractivity contribution in [2.24, 2.45) is 5.10 Å². The van der Waals surface area contributed by atoms with Crippen LogP contribution in [-0.2, 0) is 11.3 Å². The fourth-order valence-corrected chi connectivity index (χ4v) is 2.88. The molecule has 0 saturated heterocycles. The molecule has 0 amide bonds. The molecule has 1 aromatic heterocycles. The molecule has 2 rings (SSSR count). The van der Waals surface area contributed by atoms with Crippen molar-refractivity contribution in [1.29, 1.82) is 0 Å². The monoisotopic (exact) mass is 373 g/mol. The third-order valence-corrected chi connectivity index (χ3v) is 4.25. The summed E-state index contributed by atoms with van der Waals surface area (Å²) in [6.45, 7) is 9.43. The van der Waals surface area contributed by atoms with E-state index in [0.29, 0.717) is 11.7 Å². The topological polar surface area (TPSA) is 63.5 Å². The Kier molecular flexibility index (Phi) is 7.29. The lowest BCUT2D eigenvalue weighted by atomic mass is 10.1. The maximum atomic E-state index is 5.22. The summed E-state index contributed by atoms with van der Waals surface area (Å²) >= 11 is 5.22. The van der Waals surface area contributed by atoms with E-state index in [9.17, 15) is 0 Å². The number of nitrogens with one attached hydrogen (secondary N) is 2. The number of hydrogen-bond acceptors (Lipinski definition) is 4. The van der Waals surface area contributed by atoms with Crippen molar-refractivity contribution in [3.05, 3.63) is 52.3 Å². The van der Waals surface area contributed by atoms with E-state index in [1.165, 1.54) is 11.1 Å². The molecule has 0 saturated carbocycles. The molecule has 0 radical (unpaired) electrons. The number of hydrazone groups is 1. The first-order valence-corrected chi connectivity index (χ1v) is 8.99. The molecule has 1 aromatic carbocycles. The number of hydrogen-bond donors (Lipinski definition) is 2. The molecule has 26 heavy (non-hydrogen) atoms. The highest BCUT2D eigenvalue weighted by molar-refractivity contribution is 7.80. The third kappa shape index (κ3) is 5.64. The van der Waals surface area contributed by atoms with Gasteiger partial charge in [0.15, 0.2) is 5.11 Å². The van der Waals surface area contributed by atoms with Crippen molar-refractivity contribution in [3.8, 4) is 0 Å². The average Bonchev–Trinajstić information content (AvgIpc) is 2.84. The van der Waals surface area contributed by atoms with Gasteiger partial charge in [-0.2, -0.15) is 10.2 Å². The van der Waals surface area contributed by atoms with Gasteiger partial charge in [0, 0.05) is 24.4 Å². The molecule has 7 heteroatoms. The number of thiocarbonyl (C=S) groups is 1. The van der Waals surface area contributed by atoms with Crippen molar-refractivity contribution in [1.82, 2.24) is 20.5 Å². The highest BCUT2D eigenvalue weighted by Crippen LogP contribution is 2.13. The Balaban J connectivity index is 2.00. The minimum Gasteiger partial charge on any atom is -0.383 e. The normalized spacial score (nSPS) is 12.3. The van der Waals surface area contributed by atoms with E-state index in [4.69, 9.17) is 17.0 Å². The molecule has 6 nitrogen and oxygen atoms in total. The first kappa shape index (κ1) is 20.1. The molecule has 0 bridgehead atoms. The van der Waals surface area contributed by atoms with Gasteiger partial charge in [-0.1, -0.05) is 29.8 Å². The lowest BCUT2D eigenvalue weighted by molar-refractivity contribution is 0.179.